The SMILES string of the molecule is CC1(C)c2ccccc2-c2c1n1c3cc4c(cc3oc3cccc(c31)n2-c1ccccc1)oc1cccc2c1n4c1ccccc1n2-c1ccccc1. The molecule has 0 saturated heterocycles. The van der Waals surface area contributed by atoms with Gasteiger partial charge in [-0.25, -0.2) is 0 Å². The monoisotopic (exact) mass is 684 g/mol. The number of aromatic nitrogens is 4. The van der Waals surface area contributed by atoms with Gasteiger partial charge in [0, 0.05) is 28.4 Å². The Balaban J connectivity index is 1.33. The van der Waals surface area contributed by atoms with Gasteiger partial charge in [0.1, 0.15) is 11.0 Å². The van der Waals surface area contributed by atoms with Gasteiger partial charge in [-0.15, -0.1) is 0 Å². The highest BCUT2D eigenvalue weighted by Gasteiger charge is 2.41. The maximum atomic E-state index is 6.91. The van der Waals surface area contributed by atoms with E-state index in [1.807, 2.05) is 0 Å². The van der Waals surface area contributed by atoms with E-state index >= 15 is 0 Å². The maximum Gasteiger partial charge on any atom is 0.155 e. The minimum atomic E-state index is -0.321. The van der Waals surface area contributed by atoms with E-state index in [-0.39, 0.29) is 5.41 Å². The van der Waals surface area contributed by atoms with Crippen LogP contribution >= 0.6 is 0 Å². The number of fused-ring (bicyclic) bond motifs is 10. The van der Waals surface area contributed by atoms with Gasteiger partial charge >= 0.3 is 0 Å². The third kappa shape index (κ3) is 3.67. The second-order valence-electron chi connectivity index (χ2n) is 14.6. The summed E-state index contributed by atoms with van der Waals surface area (Å²) in [6, 6.07) is 55.9. The van der Waals surface area contributed by atoms with Crippen molar-refractivity contribution in [1.82, 2.24) is 17.9 Å². The Labute approximate surface area is 303 Å². The standard InChI is InChI=1S/C47H32N4O2/c1-47(2)32-20-10-9-19-31(32)43-46(47)51-38-27-37-41(28-42(38)53-40-26-14-24-36(45(40)51)49(43)30-17-7-4-8-18-30)52-39-25-13-23-35-44(39)50(37)34-22-12-11-21-33(34)48(35)29-15-5-3-6-16-29/h3-28H,1-2H3. The Morgan fingerprint density at radius 3 is 1.64 bits per heavy atom. The summed E-state index contributed by atoms with van der Waals surface area (Å²) in [6.07, 6.45) is 0. The van der Waals surface area contributed by atoms with Crippen molar-refractivity contribution in [3.8, 4) is 22.6 Å². The molecule has 1 aliphatic carbocycles. The van der Waals surface area contributed by atoms with E-state index in [9.17, 15) is 0 Å². The van der Waals surface area contributed by atoms with E-state index < -0.39 is 0 Å². The van der Waals surface area contributed by atoms with Crippen molar-refractivity contribution in [2.45, 2.75) is 19.3 Å². The molecule has 0 radical (unpaired) electrons. The number of rotatable bonds is 2. The summed E-state index contributed by atoms with van der Waals surface area (Å²) in [7, 11) is 0. The first kappa shape index (κ1) is 28.7. The summed E-state index contributed by atoms with van der Waals surface area (Å²) < 4.78 is 23.4. The smallest absolute Gasteiger partial charge is 0.155 e. The van der Waals surface area contributed by atoms with Crippen LogP contribution in [0.1, 0.15) is 25.1 Å². The van der Waals surface area contributed by atoms with E-state index in [4.69, 9.17) is 8.83 Å². The highest BCUT2D eigenvalue weighted by atomic mass is 16.3. The van der Waals surface area contributed by atoms with Crippen LogP contribution in [-0.2, 0) is 5.41 Å². The molecule has 6 heteroatoms. The molecule has 4 heterocycles. The van der Waals surface area contributed by atoms with Gasteiger partial charge in [-0.2, -0.15) is 0 Å². The molecule has 53 heavy (non-hydrogen) atoms. The molecule has 12 rings (SSSR count). The zero-order chi connectivity index (χ0) is 35.0. The summed E-state index contributed by atoms with van der Waals surface area (Å²) in [4.78, 5) is 0. The molecule has 1 aliphatic rings. The maximum absolute atomic E-state index is 6.91. The molecule has 0 fully saturated rings. The molecule has 0 bridgehead atoms. The van der Waals surface area contributed by atoms with E-state index in [0.29, 0.717) is 0 Å². The van der Waals surface area contributed by atoms with Crippen molar-refractivity contribution in [2.75, 3.05) is 0 Å². The molecule has 0 spiro atoms. The van der Waals surface area contributed by atoms with Gasteiger partial charge in [-0.3, -0.25) is 4.40 Å². The van der Waals surface area contributed by atoms with Crippen molar-refractivity contribution < 1.29 is 8.83 Å². The minimum absolute atomic E-state index is 0.321. The lowest BCUT2D eigenvalue weighted by molar-refractivity contribution is 0.615. The van der Waals surface area contributed by atoms with Crippen LogP contribution in [0.25, 0.3) is 89.1 Å². The van der Waals surface area contributed by atoms with Crippen LogP contribution in [0.3, 0.4) is 0 Å². The van der Waals surface area contributed by atoms with Crippen LogP contribution in [0.2, 0.25) is 0 Å². The van der Waals surface area contributed by atoms with Crippen molar-refractivity contribution >= 4 is 66.5 Å². The lowest BCUT2D eigenvalue weighted by Gasteiger charge is -2.28. The molecule has 0 N–H and O–H groups in total. The highest BCUT2D eigenvalue weighted by Crippen LogP contribution is 2.51. The first-order valence-corrected chi connectivity index (χ1v) is 18.1. The van der Waals surface area contributed by atoms with E-state index in [1.54, 1.807) is 0 Å². The van der Waals surface area contributed by atoms with Crippen LogP contribution in [0.4, 0.5) is 0 Å². The van der Waals surface area contributed by atoms with E-state index in [0.717, 1.165) is 77.8 Å². The van der Waals surface area contributed by atoms with E-state index in [2.05, 4.69) is 190 Å². The number of hydrogen-bond acceptors (Lipinski definition) is 2. The third-order valence-corrected chi connectivity index (χ3v) is 11.4. The van der Waals surface area contributed by atoms with Gasteiger partial charge < -0.3 is 22.4 Å². The molecule has 0 atom stereocenters. The summed E-state index contributed by atoms with van der Waals surface area (Å²) >= 11 is 0. The van der Waals surface area contributed by atoms with Crippen LogP contribution in [-0.4, -0.2) is 17.9 Å². The third-order valence-electron chi connectivity index (χ3n) is 11.4. The second kappa shape index (κ2) is 10.1. The summed E-state index contributed by atoms with van der Waals surface area (Å²) in [5.41, 5.74) is 18.3. The molecule has 0 aliphatic heterocycles. The zero-order valence-corrected chi connectivity index (χ0v) is 29.1. The molecule has 0 unspecified atom stereocenters. The number of hydrogen-bond donors (Lipinski definition) is 0. The zero-order valence-electron chi connectivity index (χ0n) is 29.1. The molecule has 6 nitrogen and oxygen atoms in total. The first-order valence-electron chi connectivity index (χ1n) is 18.1. The van der Waals surface area contributed by atoms with E-state index in [1.165, 1.54) is 22.5 Å². The van der Waals surface area contributed by atoms with Crippen molar-refractivity contribution in [3.63, 3.8) is 0 Å². The lowest BCUT2D eigenvalue weighted by atomic mass is 9.85. The minimum Gasteiger partial charge on any atom is -0.453 e. The van der Waals surface area contributed by atoms with Crippen LogP contribution in [0, 0.1) is 0 Å². The Morgan fingerprint density at radius 2 is 0.943 bits per heavy atom. The Morgan fingerprint density at radius 1 is 0.415 bits per heavy atom. The molecule has 4 aromatic heterocycles. The van der Waals surface area contributed by atoms with Crippen molar-refractivity contribution in [3.05, 3.63) is 169 Å². The largest absolute Gasteiger partial charge is 0.453 e. The lowest BCUT2D eigenvalue weighted by Crippen LogP contribution is -2.21. The van der Waals surface area contributed by atoms with Gasteiger partial charge in [-0.05, 0) is 72.3 Å². The van der Waals surface area contributed by atoms with Gasteiger partial charge in [-0.1, -0.05) is 98.8 Å². The fourth-order valence-corrected chi connectivity index (χ4v) is 9.20. The Bertz CT molecular complexity index is 3360. The topological polar surface area (TPSA) is 45.0 Å². The number of benzene rings is 7. The molecular weight excluding hydrogens is 653 g/mol. The molecular formula is C47H32N4O2. The molecule has 252 valence electrons. The predicted octanol–water partition coefficient (Wildman–Crippen LogP) is 12.2. The van der Waals surface area contributed by atoms with Gasteiger partial charge in [0.15, 0.2) is 22.3 Å². The Kier molecular flexibility index (Phi) is 5.48. The average Bonchev–Trinajstić information content (AvgIpc) is 3.44. The quantitative estimate of drug-likeness (QED) is 0.134. The van der Waals surface area contributed by atoms with Gasteiger partial charge in [0.2, 0.25) is 0 Å². The highest BCUT2D eigenvalue weighted by molar-refractivity contribution is 6.06. The molecule has 0 saturated carbocycles. The summed E-state index contributed by atoms with van der Waals surface area (Å²) in [6.45, 7) is 4.70. The van der Waals surface area contributed by atoms with Crippen LogP contribution in [0.5, 0.6) is 0 Å². The fourth-order valence-electron chi connectivity index (χ4n) is 9.20. The molecule has 7 aromatic carbocycles. The van der Waals surface area contributed by atoms with Crippen molar-refractivity contribution in [2.24, 2.45) is 0 Å². The first-order chi connectivity index (χ1) is 26.1. The summed E-state index contributed by atoms with van der Waals surface area (Å²) in [5, 5.41) is 0. The Hall–Kier alpha value is -6.92. The second-order valence-corrected chi connectivity index (χ2v) is 14.6. The van der Waals surface area contributed by atoms with Gasteiger partial charge in [0.05, 0.1) is 44.5 Å². The predicted molar refractivity (Wildman–Crippen MR) is 214 cm³/mol. The van der Waals surface area contributed by atoms with Crippen LogP contribution < -0.4 is 0 Å². The number of nitrogens with zero attached hydrogens (tertiary/aromatic N) is 4. The van der Waals surface area contributed by atoms with Gasteiger partial charge in [0.25, 0.3) is 0 Å². The normalized spacial score (nSPS) is 13.6. The number of para-hydroxylation sites is 6. The molecule has 0 amide bonds. The van der Waals surface area contributed by atoms with Crippen LogP contribution in [0.15, 0.2) is 167 Å². The fraction of sp³-hybridized carbons (Fsp3) is 0.0638. The molecule has 11 aromatic rings. The summed E-state index contributed by atoms with van der Waals surface area (Å²) in [5.74, 6) is 0. The van der Waals surface area contributed by atoms with Crippen molar-refractivity contribution in [1.29, 1.82) is 0 Å². The average molecular weight is 685 g/mol.